The molecule has 2 aromatic rings. The molecule has 2 aromatic carbocycles. The summed E-state index contributed by atoms with van der Waals surface area (Å²) in [5.41, 5.74) is 4.35. The normalized spacial score (nSPS) is 14.2. The third-order valence-electron chi connectivity index (χ3n) is 5.06. The quantitative estimate of drug-likeness (QED) is 0.292. The number of carbonyl (C=O) groups is 2. The highest BCUT2D eigenvalue weighted by Crippen LogP contribution is 2.18. The minimum absolute atomic E-state index is 0.0441. The van der Waals surface area contributed by atoms with Gasteiger partial charge in [-0.3, -0.25) is 9.59 Å². The van der Waals surface area contributed by atoms with Crippen molar-refractivity contribution >= 4 is 17.8 Å². The van der Waals surface area contributed by atoms with Gasteiger partial charge >= 0.3 is 5.97 Å². The Labute approximate surface area is 179 Å². The van der Waals surface area contributed by atoms with Gasteiger partial charge in [0.2, 0.25) is 0 Å². The number of rotatable bonds is 9. The van der Waals surface area contributed by atoms with Crippen molar-refractivity contribution in [2.75, 3.05) is 0 Å². The molecular weight excluding hydrogens is 372 g/mol. The number of hydrogen-bond donors (Lipinski definition) is 1. The van der Waals surface area contributed by atoms with Crippen LogP contribution in [0.15, 0.2) is 78.4 Å². The summed E-state index contributed by atoms with van der Waals surface area (Å²) in [5.74, 6) is -0.972. The van der Waals surface area contributed by atoms with Crippen LogP contribution < -0.4 is 0 Å². The van der Waals surface area contributed by atoms with E-state index in [-0.39, 0.29) is 5.78 Å². The zero-order chi connectivity index (χ0) is 22.1. The molecule has 0 heterocycles. The molecule has 0 saturated carbocycles. The van der Waals surface area contributed by atoms with Gasteiger partial charge in [0.25, 0.3) is 0 Å². The molecule has 30 heavy (non-hydrogen) atoms. The molecule has 0 aliphatic heterocycles. The van der Waals surface area contributed by atoms with Crippen LogP contribution in [-0.4, -0.2) is 16.9 Å². The highest BCUT2D eigenvalue weighted by molar-refractivity contribution is 6.08. The number of allylic oxidation sites excluding steroid dienone is 5. The maximum absolute atomic E-state index is 12.4. The van der Waals surface area contributed by atoms with E-state index in [0.29, 0.717) is 17.1 Å². The molecule has 0 spiro atoms. The van der Waals surface area contributed by atoms with Gasteiger partial charge in [0.05, 0.1) is 5.92 Å². The predicted octanol–water partition coefficient (Wildman–Crippen LogP) is 6.61. The first-order valence-corrected chi connectivity index (χ1v) is 10.2. The van der Waals surface area contributed by atoms with Crippen LogP contribution >= 0.6 is 0 Å². The van der Waals surface area contributed by atoms with Gasteiger partial charge in [0.15, 0.2) is 5.78 Å². The standard InChI is InChI=1S/C27H30O3/c1-19(8-5-10-21(3)26(28)24-16-14-20(2)15-17-24)9-6-11-23-12-7-13-25(18-23)22(4)27(29)30/h5-8,10-19,22H,9H2,1-4H3,(H,29,30)/b8-5-,11-6+,21-10+. The van der Waals surface area contributed by atoms with Crippen LogP contribution in [0, 0.1) is 12.8 Å². The minimum atomic E-state index is -0.820. The summed E-state index contributed by atoms with van der Waals surface area (Å²) in [6, 6.07) is 15.2. The molecule has 2 atom stereocenters. The van der Waals surface area contributed by atoms with Gasteiger partial charge in [-0.15, -0.1) is 0 Å². The second kappa shape index (κ2) is 11.1. The molecule has 0 aliphatic rings. The Hall–Kier alpha value is -3.20. The smallest absolute Gasteiger partial charge is 0.310 e. The number of aryl methyl sites for hydroxylation is 1. The van der Waals surface area contributed by atoms with Crippen molar-refractivity contribution in [3.05, 3.63) is 101 Å². The molecule has 0 saturated heterocycles. The number of aliphatic carboxylic acids is 1. The van der Waals surface area contributed by atoms with Crippen LogP contribution in [0.25, 0.3) is 6.08 Å². The minimum Gasteiger partial charge on any atom is -0.481 e. The van der Waals surface area contributed by atoms with Gasteiger partial charge in [-0.25, -0.2) is 0 Å². The van der Waals surface area contributed by atoms with Crippen molar-refractivity contribution in [1.29, 1.82) is 0 Å². The lowest BCUT2D eigenvalue weighted by Gasteiger charge is -2.07. The van der Waals surface area contributed by atoms with Crippen LogP contribution in [0.3, 0.4) is 0 Å². The molecule has 0 radical (unpaired) electrons. The fourth-order valence-corrected chi connectivity index (χ4v) is 2.97. The van der Waals surface area contributed by atoms with Crippen LogP contribution in [0.2, 0.25) is 0 Å². The van der Waals surface area contributed by atoms with Crippen LogP contribution in [0.4, 0.5) is 0 Å². The largest absolute Gasteiger partial charge is 0.481 e. The molecule has 3 heteroatoms. The predicted molar refractivity (Wildman–Crippen MR) is 124 cm³/mol. The monoisotopic (exact) mass is 402 g/mol. The summed E-state index contributed by atoms with van der Waals surface area (Å²) in [4.78, 5) is 23.6. The zero-order valence-corrected chi connectivity index (χ0v) is 18.1. The van der Waals surface area contributed by atoms with Gasteiger partial charge in [0, 0.05) is 5.56 Å². The van der Waals surface area contributed by atoms with E-state index in [1.165, 1.54) is 0 Å². The summed E-state index contributed by atoms with van der Waals surface area (Å²) < 4.78 is 0. The maximum atomic E-state index is 12.4. The van der Waals surface area contributed by atoms with Crippen molar-refractivity contribution in [3.8, 4) is 0 Å². The number of ketones is 1. The van der Waals surface area contributed by atoms with Gasteiger partial charge in [-0.1, -0.05) is 91.4 Å². The lowest BCUT2D eigenvalue weighted by molar-refractivity contribution is -0.138. The summed E-state index contributed by atoms with van der Waals surface area (Å²) in [7, 11) is 0. The molecule has 0 amide bonds. The molecule has 0 aliphatic carbocycles. The second-order valence-electron chi connectivity index (χ2n) is 7.78. The Balaban J connectivity index is 1.91. The summed E-state index contributed by atoms with van der Waals surface area (Å²) >= 11 is 0. The highest BCUT2D eigenvalue weighted by atomic mass is 16.4. The third-order valence-corrected chi connectivity index (χ3v) is 5.06. The molecule has 2 unspecified atom stereocenters. The van der Waals surface area contributed by atoms with Gasteiger partial charge in [0.1, 0.15) is 0 Å². The fraction of sp³-hybridized carbons (Fsp3) is 0.259. The van der Waals surface area contributed by atoms with E-state index in [1.54, 1.807) is 6.92 Å². The van der Waals surface area contributed by atoms with Crippen molar-refractivity contribution < 1.29 is 14.7 Å². The van der Waals surface area contributed by atoms with Gasteiger partial charge < -0.3 is 5.11 Å². The van der Waals surface area contributed by atoms with E-state index in [4.69, 9.17) is 5.11 Å². The van der Waals surface area contributed by atoms with Crippen molar-refractivity contribution in [1.82, 2.24) is 0 Å². The Bertz CT molecular complexity index is 962. The fourth-order valence-electron chi connectivity index (χ4n) is 2.97. The van der Waals surface area contributed by atoms with Crippen molar-refractivity contribution in [3.63, 3.8) is 0 Å². The Morgan fingerprint density at radius 1 is 1.07 bits per heavy atom. The molecule has 156 valence electrons. The molecule has 1 N–H and O–H groups in total. The number of carbonyl (C=O) groups excluding carboxylic acids is 1. The number of hydrogen-bond acceptors (Lipinski definition) is 2. The summed E-state index contributed by atoms with van der Waals surface area (Å²) in [6.07, 6.45) is 10.8. The summed E-state index contributed by atoms with van der Waals surface area (Å²) in [6.45, 7) is 7.65. The third kappa shape index (κ3) is 7.00. The average Bonchev–Trinajstić information content (AvgIpc) is 2.73. The SMILES string of the molecule is C/C(=C\C=C/C(C)C/C=C/c1cccc(C(C)C(=O)O)c1)C(=O)c1ccc(C)cc1. The first-order valence-electron chi connectivity index (χ1n) is 10.2. The van der Waals surface area contributed by atoms with E-state index < -0.39 is 11.9 Å². The number of Topliss-reactive ketones (excluding diaryl/α,β-unsaturated/α-hetero) is 1. The van der Waals surface area contributed by atoms with E-state index >= 15 is 0 Å². The number of carboxylic acids is 1. The first kappa shape index (κ1) is 23.1. The number of carboxylic acid groups (broad SMARTS) is 1. The van der Waals surface area contributed by atoms with Crippen molar-refractivity contribution in [2.24, 2.45) is 5.92 Å². The highest BCUT2D eigenvalue weighted by Gasteiger charge is 2.13. The zero-order valence-electron chi connectivity index (χ0n) is 18.1. The van der Waals surface area contributed by atoms with E-state index in [0.717, 1.165) is 23.1 Å². The Kier molecular flexibility index (Phi) is 8.54. The van der Waals surface area contributed by atoms with Gasteiger partial charge in [-0.2, -0.15) is 0 Å². The topological polar surface area (TPSA) is 54.4 Å². The second-order valence-corrected chi connectivity index (χ2v) is 7.78. The van der Waals surface area contributed by atoms with Crippen molar-refractivity contribution in [2.45, 2.75) is 40.0 Å². The number of benzene rings is 2. The Morgan fingerprint density at radius 2 is 1.77 bits per heavy atom. The van der Waals surface area contributed by atoms with Crippen LogP contribution in [-0.2, 0) is 4.79 Å². The molecule has 3 nitrogen and oxygen atoms in total. The molecule has 0 aromatic heterocycles. The molecular formula is C27H30O3. The average molecular weight is 403 g/mol. The molecule has 0 fully saturated rings. The molecule has 0 bridgehead atoms. The van der Waals surface area contributed by atoms with E-state index in [9.17, 15) is 9.59 Å². The summed E-state index contributed by atoms with van der Waals surface area (Å²) in [5, 5.41) is 9.16. The Morgan fingerprint density at radius 3 is 2.43 bits per heavy atom. The van der Waals surface area contributed by atoms with Crippen LogP contribution in [0.5, 0.6) is 0 Å². The van der Waals surface area contributed by atoms with Crippen LogP contribution in [0.1, 0.15) is 60.2 Å². The first-order chi connectivity index (χ1) is 14.3. The van der Waals surface area contributed by atoms with Gasteiger partial charge in [-0.05, 0) is 49.8 Å². The lowest BCUT2D eigenvalue weighted by atomic mass is 9.98. The van der Waals surface area contributed by atoms with E-state index in [1.807, 2.05) is 80.6 Å². The maximum Gasteiger partial charge on any atom is 0.310 e. The lowest BCUT2D eigenvalue weighted by Crippen LogP contribution is -2.07. The molecule has 2 rings (SSSR count). The van der Waals surface area contributed by atoms with E-state index in [2.05, 4.69) is 19.1 Å².